The predicted molar refractivity (Wildman–Crippen MR) is 104 cm³/mol. The first-order chi connectivity index (χ1) is 13.3. The van der Waals surface area contributed by atoms with Crippen LogP contribution >= 0.6 is 0 Å². The number of nitrogens with zero attached hydrogens (tertiary/aromatic N) is 1. The molecule has 0 saturated carbocycles. The van der Waals surface area contributed by atoms with Crippen LogP contribution in [0.3, 0.4) is 0 Å². The smallest absolute Gasteiger partial charge is 0.341 e. The molecule has 0 heterocycles. The molecule has 0 aromatic heterocycles. The Morgan fingerprint density at radius 1 is 1.14 bits per heavy atom. The number of nitro groups is 1. The number of aliphatic hydroxyl groups is 1. The minimum atomic E-state index is -0.889. The van der Waals surface area contributed by atoms with Crippen LogP contribution in [-0.2, 0) is 9.53 Å². The average Bonchev–Trinajstić information content (AvgIpc) is 2.66. The maximum Gasteiger partial charge on any atom is 0.341 e. The number of nitro benzene ring substituents is 1. The van der Waals surface area contributed by atoms with Gasteiger partial charge in [0.1, 0.15) is 0 Å². The monoisotopic (exact) mass is 387 g/mol. The number of carbonyl (C=O) groups excluding carboxylic acids is 2. The second-order valence-electron chi connectivity index (χ2n) is 6.08. The van der Waals surface area contributed by atoms with Crippen molar-refractivity contribution in [3.05, 3.63) is 63.2 Å². The SMILES string of the molecule is Cc1ccc(NC(=O)COC(=O)c2cc([N+](=O)[O-])ccc2NCCO)c(C)c1. The van der Waals surface area contributed by atoms with Crippen molar-refractivity contribution in [1.29, 1.82) is 0 Å². The summed E-state index contributed by atoms with van der Waals surface area (Å²) < 4.78 is 5.00. The molecule has 3 N–H and O–H groups in total. The van der Waals surface area contributed by atoms with Crippen LogP contribution in [0.25, 0.3) is 0 Å². The Hall–Kier alpha value is -3.46. The third kappa shape index (κ3) is 5.52. The molecule has 1 amide bonds. The number of hydrogen-bond donors (Lipinski definition) is 3. The normalized spacial score (nSPS) is 10.2. The molecule has 0 radical (unpaired) electrons. The summed E-state index contributed by atoms with van der Waals surface area (Å²) in [6, 6.07) is 9.13. The van der Waals surface area contributed by atoms with Gasteiger partial charge in [-0.25, -0.2) is 4.79 Å². The molecule has 0 aliphatic heterocycles. The van der Waals surface area contributed by atoms with Crippen LogP contribution in [0.2, 0.25) is 0 Å². The minimum Gasteiger partial charge on any atom is -0.452 e. The van der Waals surface area contributed by atoms with Crippen molar-refractivity contribution in [1.82, 2.24) is 0 Å². The summed E-state index contributed by atoms with van der Waals surface area (Å²) in [5.41, 5.74) is 2.40. The third-order valence-corrected chi connectivity index (χ3v) is 3.85. The Kier molecular flexibility index (Phi) is 7.05. The topological polar surface area (TPSA) is 131 Å². The van der Waals surface area contributed by atoms with E-state index in [1.54, 1.807) is 6.07 Å². The molecule has 0 aliphatic rings. The zero-order valence-corrected chi connectivity index (χ0v) is 15.5. The van der Waals surface area contributed by atoms with E-state index in [9.17, 15) is 19.7 Å². The number of esters is 1. The number of amides is 1. The lowest BCUT2D eigenvalue weighted by Crippen LogP contribution is -2.22. The van der Waals surface area contributed by atoms with Gasteiger partial charge in [-0.3, -0.25) is 14.9 Å². The molecule has 28 heavy (non-hydrogen) atoms. The van der Waals surface area contributed by atoms with Gasteiger partial charge in [-0.2, -0.15) is 0 Å². The number of hydrogen-bond acceptors (Lipinski definition) is 7. The van der Waals surface area contributed by atoms with E-state index in [0.29, 0.717) is 5.69 Å². The van der Waals surface area contributed by atoms with Crippen molar-refractivity contribution in [3.63, 3.8) is 0 Å². The molecule has 2 aromatic carbocycles. The molecule has 0 bridgehead atoms. The van der Waals surface area contributed by atoms with E-state index < -0.39 is 23.4 Å². The Labute approximate surface area is 161 Å². The number of aliphatic hydroxyl groups excluding tert-OH is 1. The van der Waals surface area contributed by atoms with Crippen molar-refractivity contribution in [2.75, 3.05) is 30.4 Å². The van der Waals surface area contributed by atoms with Crippen molar-refractivity contribution in [3.8, 4) is 0 Å². The van der Waals surface area contributed by atoms with Gasteiger partial charge in [0.25, 0.3) is 11.6 Å². The highest BCUT2D eigenvalue weighted by Crippen LogP contribution is 2.23. The van der Waals surface area contributed by atoms with Crippen LogP contribution in [0, 0.1) is 24.0 Å². The lowest BCUT2D eigenvalue weighted by atomic mass is 10.1. The van der Waals surface area contributed by atoms with Crippen molar-refractivity contribution in [2.45, 2.75) is 13.8 Å². The van der Waals surface area contributed by atoms with Gasteiger partial charge in [0.05, 0.1) is 17.1 Å². The van der Waals surface area contributed by atoms with Gasteiger partial charge >= 0.3 is 5.97 Å². The summed E-state index contributed by atoms with van der Waals surface area (Å²) in [6.07, 6.45) is 0. The summed E-state index contributed by atoms with van der Waals surface area (Å²) in [5, 5.41) is 25.3. The first kappa shape index (κ1) is 20.8. The van der Waals surface area contributed by atoms with Crippen molar-refractivity contribution in [2.24, 2.45) is 0 Å². The first-order valence-corrected chi connectivity index (χ1v) is 8.49. The number of anilines is 2. The molecule has 148 valence electrons. The van der Waals surface area contributed by atoms with Gasteiger partial charge in [-0.15, -0.1) is 0 Å². The van der Waals surface area contributed by atoms with Crippen LogP contribution in [0.1, 0.15) is 21.5 Å². The molecule has 9 nitrogen and oxygen atoms in total. The first-order valence-electron chi connectivity index (χ1n) is 8.49. The van der Waals surface area contributed by atoms with E-state index in [-0.39, 0.29) is 30.1 Å². The maximum absolute atomic E-state index is 12.3. The largest absolute Gasteiger partial charge is 0.452 e. The molecule has 0 atom stereocenters. The van der Waals surface area contributed by atoms with Crippen molar-refractivity contribution < 1.29 is 24.4 Å². The molecular formula is C19H21N3O6. The number of non-ortho nitro benzene ring substituents is 1. The van der Waals surface area contributed by atoms with Crippen LogP contribution in [-0.4, -0.2) is 41.7 Å². The second-order valence-corrected chi connectivity index (χ2v) is 6.08. The lowest BCUT2D eigenvalue weighted by molar-refractivity contribution is -0.384. The Morgan fingerprint density at radius 3 is 2.50 bits per heavy atom. The van der Waals surface area contributed by atoms with Gasteiger partial charge in [0.2, 0.25) is 0 Å². The number of rotatable bonds is 8. The summed E-state index contributed by atoms with van der Waals surface area (Å²) >= 11 is 0. The highest BCUT2D eigenvalue weighted by molar-refractivity contribution is 5.99. The predicted octanol–water partition coefficient (Wildman–Crippen LogP) is 2.41. The summed E-state index contributed by atoms with van der Waals surface area (Å²) in [5.74, 6) is -1.42. The van der Waals surface area contributed by atoms with E-state index in [2.05, 4.69) is 10.6 Å². The molecule has 9 heteroatoms. The highest BCUT2D eigenvalue weighted by Gasteiger charge is 2.19. The van der Waals surface area contributed by atoms with Gasteiger partial charge < -0.3 is 20.5 Å². The molecule has 2 aromatic rings. The van der Waals surface area contributed by atoms with Crippen LogP contribution in [0.4, 0.5) is 17.1 Å². The van der Waals surface area contributed by atoms with E-state index in [1.165, 1.54) is 12.1 Å². The summed E-state index contributed by atoms with van der Waals surface area (Å²) in [4.78, 5) is 34.7. The van der Waals surface area contributed by atoms with Crippen LogP contribution in [0.15, 0.2) is 36.4 Å². The fourth-order valence-electron chi connectivity index (χ4n) is 2.51. The molecular weight excluding hydrogens is 366 g/mol. The molecule has 0 unspecified atom stereocenters. The van der Waals surface area contributed by atoms with E-state index >= 15 is 0 Å². The summed E-state index contributed by atoms with van der Waals surface area (Å²) in [7, 11) is 0. The lowest BCUT2D eigenvalue weighted by Gasteiger charge is -2.12. The number of carbonyl (C=O) groups is 2. The fourth-order valence-corrected chi connectivity index (χ4v) is 2.51. The van der Waals surface area contributed by atoms with Gasteiger partial charge in [0, 0.05) is 30.1 Å². The standard InChI is InChI=1S/C19H21N3O6/c1-12-3-5-16(13(2)9-12)21-18(24)11-28-19(25)15-10-14(22(26)27)4-6-17(15)20-7-8-23/h3-6,9-10,20,23H,7-8,11H2,1-2H3,(H,21,24). The molecule has 0 aliphatic carbocycles. The number of ether oxygens (including phenoxy) is 1. The Balaban J connectivity index is 2.07. The van der Waals surface area contributed by atoms with Gasteiger partial charge in [0.15, 0.2) is 6.61 Å². The maximum atomic E-state index is 12.3. The van der Waals surface area contributed by atoms with Gasteiger partial charge in [-0.05, 0) is 31.5 Å². The van der Waals surface area contributed by atoms with Gasteiger partial charge in [-0.1, -0.05) is 17.7 Å². The van der Waals surface area contributed by atoms with E-state index in [4.69, 9.17) is 9.84 Å². The minimum absolute atomic E-state index is 0.0954. The molecule has 0 saturated heterocycles. The van der Waals surface area contributed by atoms with E-state index in [0.717, 1.165) is 17.2 Å². The highest BCUT2D eigenvalue weighted by atomic mass is 16.6. The quantitative estimate of drug-likeness (QED) is 0.360. The molecule has 0 fully saturated rings. The van der Waals surface area contributed by atoms with Crippen molar-refractivity contribution >= 4 is 28.9 Å². The number of nitrogens with one attached hydrogen (secondary N) is 2. The number of benzene rings is 2. The molecule has 2 rings (SSSR count). The average molecular weight is 387 g/mol. The second kappa shape index (κ2) is 9.47. The van der Waals surface area contributed by atoms with E-state index in [1.807, 2.05) is 26.0 Å². The fraction of sp³-hybridized carbons (Fsp3) is 0.263. The van der Waals surface area contributed by atoms with Crippen LogP contribution in [0.5, 0.6) is 0 Å². The molecule has 0 spiro atoms. The summed E-state index contributed by atoms with van der Waals surface area (Å²) in [6.45, 7) is 3.18. The number of aryl methyl sites for hydroxylation is 2. The zero-order valence-electron chi connectivity index (χ0n) is 15.5. The Morgan fingerprint density at radius 2 is 1.86 bits per heavy atom. The van der Waals surface area contributed by atoms with Crippen LogP contribution < -0.4 is 10.6 Å². The Bertz CT molecular complexity index is 897. The zero-order chi connectivity index (χ0) is 20.7. The third-order valence-electron chi connectivity index (χ3n) is 3.85.